The monoisotopic (exact) mass is 332 g/mol. The van der Waals surface area contributed by atoms with Gasteiger partial charge in [-0.2, -0.15) is 0 Å². The zero-order valence-corrected chi connectivity index (χ0v) is 16.3. The Morgan fingerprint density at radius 2 is 1.59 bits per heavy atom. The largest absolute Gasteiger partial charge is 0.481 e. The minimum Gasteiger partial charge on any atom is -0.481 e. The summed E-state index contributed by atoms with van der Waals surface area (Å²) in [5.41, 5.74) is -0.599. The molecule has 0 saturated heterocycles. The van der Waals surface area contributed by atoms with Crippen molar-refractivity contribution < 1.29 is 23.9 Å². The van der Waals surface area contributed by atoms with Gasteiger partial charge in [0.15, 0.2) is 8.32 Å². The van der Waals surface area contributed by atoms with Crippen LogP contribution >= 0.6 is 0 Å². The number of aliphatic carboxylic acids is 1. The minimum absolute atomic E-state index is 0.0802. The van der Waals surface area contributed by atoms with Gasteiger partial charge in [-0.15, -0.1) is 0 Å². The van der Waals surface area contributed by atoms with Crippen LogP contribution in [0.15, 0.2) is 0 Å². The van der Waals surface area contributed by atoms with Gasteiger partial charge in [0.1, 0.15) is 5.60 Å². The molecule has 0 spiro atoms. The lowest BCUT2D eigenvalue weighted by atomic mass is 10.0. The SMILES string of the molecule is CC(C)(C)OC(=O)C[C@@H](CCO[Si](C)(C)C(C)(C)C)C(=O)O. The van der Waals surface area contributed by atoms with Crippen LogP contribution in [0.5, 0.6) is 0 Å². The first-order valence-electron chi connectivity index (χ1n) is 7.74. The van der Waals surface area contributed by atoms with Gasteiger partial charge in [0.05, 0.1) is 12.3 Å². The lowest BCUT2D eigenvalue weighted by Crippen LogP contribution is -2.41. The first-order chi connectivity index (χ1) is 9.66. The van der Waals surface area contributed by atoms with Gasteiger partial charge in [0.2, 0.25) is 0 Å². The van der Waals surface area contributed by atoms with Crippen LogP contribution in [0.25, 0.3) is 0 Å². The highest BCUT2D eigenvalue weighted by atomic mass is 28.4. The topological polar surface area (TPSA) is 72.8 Å². The molecule has 0 aromatic rings. The summed E-state index contributed by atoms with van der Waals surface area (Å²) in [6.07, 6.45) is 0.203. The fourth-order valence-electron chi connectivity index (χ4n) is 1.57. The van der Waals surface area contributed by atoms with E-state index < -0.39 is 31.8 Å². The summed E-state index contributed by atoms with van der Waals surface area (Å²) in [5.74, 6) is -2.23. The van der Waals surface area contributed by atoms with E-state index in [4.69, 9.17) is 9.16 Å². The van der Waals surface area contributed by atoms with Crippen LogP contribution in [0.1, 0.15) is 54.4 Å². The number of hydrogen-bond donors (Lipinski definition) is 1. The summed E-state index contributed by atoms with van der Waals surface area (Å²) < 4.78 is 11.2. The molecule has 0 aliphatic heterocycles. The third kappa shape index (κ3) is 7.94. The fourth-order valence-corrected chi connectivity index (χ4v) is 2.63. The summed E-state index contributed by atoms with van der Waals surface area (Å²) in [6.45, 7) is 16.3. The molecule has 0 aromatic heterocycles. The van der Waals surface area contributed by atoms with Gasteiger partial charge in [-0.05, 0) is 45.3 Å². The predicted molar refractivity (Wildman–Crippen MR) is 89.4 cm³/mol. The van der Waals surface area contributed by atoms with E-state index in [1.54, 1.807) is 20.8 Å². The Morgan fingerprint density at radius 3 is 1.95 bits per heavy atom. The molecule has 130 valence electrons. The van der Waals surface area contributed by atoms with Crippen LogP contribution in [0.4, 0.5) is 0 Å². The molecule has 0 amide bonds. The van der Waals surface area contributed by atoms with Crippen molar-refractivity contribution >= 4 is 20.3 Å². The molecule has 0 saturated carbocycles. The molecular formula is C16H32O5Si. The zero-order valence-electron chi connectivity index (χ0n) is 15.3. The van der Waals surface area contributed by atoms with Gasteiger partial charge in [-0.1, -0.05) is 20.8 Å². The van der Waals surface area contributed by atoms with Crippen LogP contribution < -0.4 is 0 Å². The Kier molecular flexibility index (Phi) is 7.29. The first kappa shape index (κ1) is 21.1. The van der Waals surface area contributed by atoms with Crippen LogP contribution in [0.3, 0.4) is 0 Å². The number of hydrogen-bond acceptors (Lipinski definition) is 4. The van der Waals surface area contributed by atoms with Crippen LogP contribution in [-0.4, -0.2) is 37.6 Å². The molecule has 5 nitrogen and oxygen atoms in total. The van der Waals surface area contributed by atoms with E-state index >= 15 is 0 Å². The molecule has 6 heteroatoms. The number of ether oxygens (including phenoxy) is 1. The molecule has 1 atom stereocenters. The minimum atomic E-state index is -1.89. The molecule has 0 heterocycles. The molecule has 0 fully saturated rings. The molecule has 0 aliphatic carbocycles. The standard InChI is InChI=1S/C16H32O5Si/c1-15(2,3)21-13(17)11-12(14(18)19)9-10-20-22(7,8)16(4,5)6/h12H,9-11H2,1-8H3,(H,18,19)/t12-/m1/s1. The molecule has 0 aliphatic rings. The number of carbonyl (C=O) groups excluding carboxylic acids is 1. The molecule has 0 bridgehead atoms. The molecule has 1 N–H and O–H groups in total. The third-order valence-electron chi connectivity index (χ3n) is 3.92. The number of carboxylic acid groups (broad SMARTS) is 1. The van der Waals surface area contributed by atoms with E-state index in [-0.39, 0.29) is 11.5 Å². The van der Waals surface area contributed by atoms with E-state index in [9.17, 15) is 14.7 Å². The van der Waals surface area contributed by atoms with E-state index in [1.807, 2.05) is 0 Å². The van der Waals surface area contributed by atoms with Gasteiger partial charge < -0.3 is 14.3 Å². The molecule has 0 radical (unpaired) electrons. The van der Waals surface area contributed by atoms with E-state index in [0.717, 1.165) is 0 Å². The molecular weight excluding hydrogens is 300 g/mol. The van der Waals surface area contributed by atoms with Crippen LogP contribution in [0.2, 0.25) is 18.1 Å². The summed E-state index contributed by atoms with van der Waals surface area (Å²) in [5, 5.41) is 9.34. The van der Waals surface area contributed by atoms with Crippen molar-refractivity contribution in [3.63, 3.8) is 0 Å². The number of carbonyl (C=O) groups is 2. The molecule has 0 unspecified atom stereocenters. The summed E-state index contributed by atoms with van der Waals surface area (Å²) in [7, 11) is -1.89. The second kappa shape index (κ2) is 7.59. The Balaban J connectivity index is 4.51. The Labute approximate surface area is 135 Å². The Hall–Kier alpha value is -0.883. The Bertz CT molecular complexity index is 390. The number of rotatable bonds is 7. The van der Waals surface area contributed by atoms with Crippen molar-refractivity contribution in [2.45, 2.75) is 78.1 Å². The van der Waals surface area contributed by atoms with Crippen molar-refractivity contribution in [1.29, 1.82) is 0 Å². The van der Waals surface area contributed by atoms with E-state index in [2.05, 4.69) is 33.9 Å². The highest BCUT2D eigenvalue weighted by molar-refractivity contribution is 6.74. The van der Waals surface area contributed by atoms with E-state index in [1.165, 1.54) is 0 Å². The lowest BCUT2D eigenvalue weighted by Gasteiger charge is -2.36. The van der Waals surface area contributed by atoms with Crippen molar-refractivity contribution in [2.24, 2.45) is 5.92 Å². The molecule has 22 heavy (non-hydrogen) atoms. The van der Waals surface area contributed by atoms with Crippen molar-refractivity contribution in [1.82, 2.24) is 0 Å². The van der Waals surface area contributed by atoms with Gasteiger partial charge in [0.25, 0.3) is 0 Å². The highest BCUT2D eigenvalue weighted by Gasteiger charge is 2.37. The number of esters is 1. The predicted octanol–water partition coefficient (Wildman–Crippen LogP) is 3.83. The second-order valence-corrected chi connectivity index (χ2v) is 13.0. The maximum absolute atomic E-state index is 11.8. The van der Waals surface area contributed by atoms with Gasteiger partial charge in [-0.25, -0.2) is 0 Å². The lowest BCUT2D eigenvalue weighted by molar-refractivity contribution is -0.160. The summed E-state index contributed by atoms with van der Waals surface area (Å²) >= 11 is 0. The molecule has 0 aromatic carbocycles. The van der Waals surface area contributed by atoms with Crippen molar-refractivity contribution in [3.8, 4) is 0 Å². The van der Waals surface area contributed by atoms with Gasteiger partial charge in [0, 0.05) is 6.61 Å². The normalized spacial score (nSPS) is 14.5. The Morgan fingerprint density at radius 1 is 1.09 bits per heavy atom. The average molecular weight is 333 g/mol. The fraction of sp³-hybridized carbons (Fsp3) is 0.875. The average Bonchev–Trinajstić information content (AvgIpc) is 2.22. The first-order valence-corrected chi connectivity index (χ1v) is 10.6. The van der Waals surface area contributed by atoms with Crippen molar-refractivity contribution in [3.05, 3.63) is 0 Å². The van der Waals surface area contributed by atoms with Gasteiger partial charge in [-0.3, -0.25) is 9.59 Å². The van der Waals surface area contributed by atoms with Gasteiger partial charge >= 0.3 is 11.9 Å². The number of carboxylic acids is 1. The maximum Gasteiger partial charge on any atom is 0.307 e. The molecule has 0 rings (SSSR count). The smallest absolute Gasteiger partial charge is 0.307 e. The third-order valence-corrected chi connectivity index (χ3v) is 8.46. The van der Waals surface area contributed by atoms with Crippen LogP contribution in [0, 0.1) is 5.92 Å². The van der Waals surface area contributed by atoms with Crippen molar-refractivity contribution in [2.75, 3.05) is 6.61 Å². The summed E-state index contributed by atoms with van der Waals surface area (Å²) in [4.78, 5) is 23.1. The zero-order chi connectivity index (χ0) is 17.8. The quantitative estimate of drug-likeness (QED) is 0.566. The highest BCUT2D eigenvalue weighted by Crippen LogP contribution is 2.36. The maximum atomic E-state index is 11.8. The van der Waals surface area contributed by atoms with E-state index in [0.29, 0.717) is 13.0 Å². The summed E-state index contributed by atoms with van der Waals surface area (Å²) in [6, 6.07) is 0. The van der Waals surface area contributed by atoms with Crippen LogP contribution in [-0.2, 0) is 18.8 Å². The second-order valence-electron chi connectivity index (χ2n) is 8.22.